The zero-order valence-corrected chi connectivity index (χ0v) is 4.95. The van der Waals surface area contributed by atoms with Gasteiger partial charge in [-0.15, -0.1) is 26.3 Å². The molecule has 0 aromatic rings. The van der Waals surface area contributed by atoms with Gasteiger partial charge in [-0.05, 0) is 0 Å². The molecule has 0 aliphatic heterocycles. The minimum atomic E-state index is 0. The first-order valence-electron chi connectivity index (χ1n) is 1.000. The van der Waals surface area contributed by atoms with Gasteiger partial charge in [0.1, 0.15) is 0 Å². The Morgan fingerprint density at radius 2 is 0.600 bits per heavy atom. The van der Waals surface area contributed by atoms with E-state index in [1.807, 2.05) is 0 Å². The second-order valence-corrected chi connectivity index (χ2v) is 0. The Hall–Kier alpha value is -0.000519. The molecule has 0 aliphatic carbocycles. The molecule has 0 N–H and O–H groups in total. The Bertz CT molecular complexity index is 5.61. The van der Waals surface area contributed by atoms with Gasteiger partial charge in [0, 0.05) is 17.1 Å². The van der Waals surface area contributed by atoms with Crippen molar-refractivity contribution in [1.29, 1.82) is 0 Å². The number of rotatable bonds is 0. The third-order valence-electron chi connectivity index (χ3n) is 0. The van der Waals surface area contributed by atoms with Crippen molar-refractivity contribution in [3.8, 4) is 0 Å². The molecule has 0 saturated carbocycles. The summed E-state index contributed by atoms with van der Waals surface area (Å²) in [5.41, 5.74) is 0. The van der Waals surface area contributed by atoms with E-state index < -0.39 is 0 Å². The normalized spacial score (nSPS) is 1.60. The Morgan fingerprint density at radius 1 is 0.600 bits per heavy atom. The van der Waals surface area contributed by atoms with Gasteiger partial charge in [0.05, 0.1) is 0 Å². The van der Waals surface area contributed by atoms with Crippen LogP contribution >= 0.6 is 0 Å². The molecule has 5 heavy (non-hydrogen) atoms. The van der Waals surface area contributed by atoms with Crippen molar-refractivity contribution in [2.75, 3.05) is 0 Å². The van der Waals surface area contributed by atoms with E-state index >= 15 is 0 Å². The Morgan fingerprint density at radius 3 is 0.600 bits per heavy atom. The van der Waals surface area contributed by atoms with E-state index in [-0.39, 0.29) is 17.1 Å². The molecule has 0 atom stereocenters. The summed E-state index contributed by atoms with van der Waals surface area (Å²) < 4.78 is 0. The molecule has 0 rings (SSSR count). The summed E-state index contributed by atoms with van der Waals surface area (Å²) in [7, 11) is 0. The van der Waals surface area contributed by atoms with Crippen LogP contribution in [0.15, 0.2) is 26.3 Å². The van der Waals surface area contributed by atoms with Gasteiger partial charge in [-0.25, -0.2) is 0 Å². The van der Waals surface area contributed by atoms with E-state index in [0.29, 0.717) is 0 Å². The van der Waals surface area contributed by atoms with E-state index in [1.54, 1.807) is 0 Å². The van der Waals surface area contributed by atoms with Gasteiger partial charge in [0.25, 0.3) is 0 Å². The van der Waals surface area contributed by atoms with Gasteiger partial charge >= 0.3 is 0 Å². The van der Waals surface area contributed by atoms with Crippen molar-refractivity contribution >= 4 is 17.1 Å². The van der Waals surface area contributed by atoms with Crippen LogP contribution < -0.4 is 0 Å². The fourth-order valence-corrected chi connectivity index (χ4v) is 0. The molecule has 0 aliphatic rings. The van der Waals surface area contributed by atoms with Crippen LogP contribution in [-0.2, 0) is 0 Å². The van der Waals surface area contributed by atoms with Gasteiger partial charge in [-0.3, -0.25) is 0 Å². The summed E-state index contributed by atoms with van der Waals surface area (Å²) in [6, 6.07) is 0. The SMILES string of the molecule is C=C.C=C.[Se]. The molecule has 0 aromatic carbocycles. The predicted octanol–water partition coefficient (Wildman–Crippen LogP) is 1.22. The topological polar surface area (TPSA) is 0 Å². The van der Waals surface area contributed by atoms with E-state index in [9.17, 15) is 0 Å². The molecule has 0 unspecified atom stereocenters. The molecule has 0 aromatic heterocycles. The van der Waals surface area contributed by atoms with Gasteiger partial charge in [0.15, 0.2) is 0 Å². The average Bonchev–Trinajstić information content (AvgIpc) is 1.50. The molecule has 0 nitrogen and oxygen atoms in total. The average molecular weight is 135 g/mol. The number of hydrogen-bond donors (Lipinski definition) is 0. The van der Waals surface area contributed by atoms with Crippen molar-refractivity contribution in [3.05, 3.63) is 26.3 Å². The maximum Gasteiger partial charge on any atom is 0 e. The second kappa shape index (κ2) is 133000000. The standard InChI is InChI=1S/2C2H4.Se/c2*1-2;/h2*1-2H2;. The smallest absolute Gasteiger partial charge is 0 e. The summed E-state index contributed by atoms with van der Waals surface area (Å²) in [6.07, 6.45) is 0. The quantitative estimate of drug-likeness (QED) is 0.346. The van der Waals surface area contributed by atoms with Crippen LogP contribution in [0.4, 0.5) is 0 Å². The first-order valence-corrected chi connectivity index (χ1v) is 1.000. The largest absolute Gasteiger partial charge is 0.106 e. The van der Waals surface area contributed by atoms with Crippen molar-refractivity contribution < 1.29 is 0 Å². The predicted molar refractivity (Wildman–Crippen MR) is 28.3 cm³/mol. The Balaban J connectivity index is -0.0000000133. The first-order chi connectivity index (χ1) is 2.00. The molecule has 0 amide bonds. The molecule has 30 valence electrons. The molecule has 0 spiro atoms. The summed E-state index contributed by atoms with van der Waals surface area (Å²) in [6.45, 7) is 12.0. The minimum absolute atomic E-state index is 0. The van der Waals surface area contributed by atoms with Crippen LogP contribution in [0.1, 0.15) is 0 Å². The monoisotopic (exact) mass is 136 g/mol. The minimum Gasteiger partial charge on any atom is -0.106 e. The number of hydrogen-bond acceptors (Lipinski definition) is 0. The zero-order valence-electron chi connectivity index (χ0n) is 3.24. The third kappa shape index (κ3) is 59300000. The van der Waals surface area contributed by atoms with Crippen molar-refractivity contribution in [1.82, 2.24) is 0 Å². The van der Waals surface area contributed by atoms with Gasteiger partial charge < -0.3 is 0 Å². The summed E-state index contributed by atoms with van der Waals surface area (Å²) >= 11 is 0. The van der Waals surface area contributed by atoms with E-state index in [4.69, 9.17) is 0 Å². The van der Waals surface area contributed by atoms with Crippen LogP contribution in [0.2, 0.25) is 0 Å². The van der Waals surface area contributed by atoms with Gasteiger partial charge in [-0.1, -0.05) is 0 Å². The van der Waals surface area contributed by atoms with Crippen LogP contribution in [0.25, 0.3) is 0 Å². The molecule has 0 heterocycles. The van der Waals surface area contributed by atoms with Gasteiger partial charge in [-0.2, -0.15) is 0 Å². The van der Waals surface area contributed by atoms with Crippen LogP contribution in [0.5, 0.6) is 0 Å². The first kappa shape index (κ1) is 20.0. The Kier molecular flexibility index (Phi) is 533000000. The molecule has 0 saturated heterocycles. The van der Waals surface area contributed by atoms with E-state index in [0.717, 1.165) is 0 Å². The molecular formula is C4H8Se. The summed E-state index contributed by atoms with van der Waals surface area (Å²) in [4.78, 5) is 0. The molecule has 2 radical (unpaired) electrons. The maximum atomic E-state index is 3.00. The van der Waals surface area contributed by atoms with E-state index in [1.165, 1.54) is 0 Å². The molecule has 0 fully saturated rings. The molecular weight excluding hydrogens is 127 g/mol. The fraction of sp³-hybridized carbons (Fsp3) is 0. The van der Waals surface area contributed by atoms with Crippen LogP contribution in [0, 0.1) is 0 Å². The second-order valence-electron chi connectivity index (χ2n) is 0. The third-order valence-corrected chi connectivity index (χ3v) is 0. The van der Waals surface area contributed by atoms with Crippen LogP contribution in [0.3, 0.4) is 0 Å². The fourth-order valence-electron chi connectivity index (χ4n) is 0. The van der Waals surface area contributed by atoms with Gasteiger partial charge in [0.2, 0.25) is 0 Å². The summed E-state index contributed by atoms with van der Waals surface area (Å²) in [5, 5.41) is 0. The van der Waals surface area contributed by atoms with Crippen molar-refractivity contribution in [3.63, 3.8) is 0 Å². The van der Waals surface area contributed by atoms with Crippen molar-refractivity contribution in [2.24, 2.45) is 0 Å². The Labute approximate surface area is 44.1 Å². The molecule has 1 heteroatoms. The van der Waals surface area contributed by atoms with Crippen LogP contribution in [-0.4, -0.2) is 17.1 Å². The zero-order chi connectivity index (χ0) is 4.00. The summed E-state index contributed by atoms with van der Waals surface area (Å²) in [5.74, 6) is 0. The van der Waals surface area contributed by atoms with Crippen molar-refractivity contribution in [2.45, 2.75) is 0 Å². The van der Waals surface area contributed by atoms with E-state index in [2.05, 4.69) is 26.3 Å². The maximum absolute atomic E-state index is 3.00. The molecule has 0 bridgehead atoms.